The second kappa shape index (κ2) is 7.35. The molecule has 0 aromatic carbocycles. The predicted molar refractivity (Wildman–Crippen MR) is 97.3 cm³/mol. The maximum absolute atomic E-state index is 11.2. The minimum absolute atomic E-state index is 0.445. The van der Waals surface area contributed by atoms with Crippen molar-refractivity contribution in [2.75, 3.05) is 7.05 Å². The summed E-state index contributed by atoms with van der Waals surface area (Å²) >= 11 is 2.94. The van der Waals surface area contributed by atoms with E-state index in [0.717, 1.165) is 26.9 Å². The summed E-state index contributed by atoms with van der Waals surface area (Å²) < 4.78 is 0.899. The Labute approximate surface area is 146 Å². The van der Waals surface area contributed by atoms with Crippen LogP contribution in [0, 0.1) is 0 Å². The van der Waals surface area contributed by atoms with Crippen molar-refractivity contribution < 1.29 is 4.79 Å². The van der Waals surface area contributed by atoms with E-state index in [-0.39, 0.29) is 0 Å². The lowest BCUT2D eigenvalue weighted by molar-refractivity contribution is 0.112. The first-order chi connectivity index (χ1) is 11.8. The van der Waals surface area contributed by atoms with Gasteiger partial charge in [0.15, 0.2) is 11.3 Å². The first-order valence-corrected chi connectivity index (χ1v) is 8.70. The van der Waals surface area contributed by atoms with Gasteiger partial charge in [-0.3, -0.25) is 9.78 Å². The van der Waals surface area contributed by atoms with Crippen molar-refractivity contribution in [2.45, 2.75) is 0 Å². The molecular formula is C16H13N5OS2. The molecule has 0 saturated heterocycles. The summed E-state index contributed by atoms with van der Waals surface area (Å²) in [5.41, 5.74) is 6.53. The van der Waals surface area contributed by atoms with E-state index in [9.17, 15) is 4.79 Å². The molecule has 0 radical (unpaired) electrons. The predicted octanol–water partition coefficient (Wildman–Crippen LogP) is 3.26. The zero-order chi connectivity index (χ0) is 16.9. The van der Waals surface area contributed by atoms with Crippen molar-refractivity contribution in [1.29, 1.82) is 0 Å². The number of carbonyl (C=O) groups excluding carboxylic acids is 1. The molecule has 0 unspecified atom stereocenters. The number of rotatable bonds is 3. The summed E-state index contributed by atoms with van der Waals surface area (Å²) in [6.45, 7) is 0. The lowest BCUT2D eigenvalue weighted by Crippen LogP contribution is -1.90. The summed E-state index contributed by atoms with van der Waals surface area (Å²) in [6.07, 6.45) is 4.25. The molecule has 4 heterocycles. The number of aldehydes is 1. The van der Waals surface area contributed by atoms with Gasteiger partial charge in [-0.15, -0.1) is 21.5 Å². The molecule has 4 rings (SSSR count). The molecule has 0 amide bonds. The summed E-state index contributed by atoms with van der Waals surface area (Å²) in [6, 6.07) is 7.70. The number of hydrogen-bond acceptors (Lipinski definition) is 8. The maximum Gasteiger partial charge on any atom is 0.169 e. The van der Waals surface area contributed by atoms with Gasteiger partial charge in [0.2, 0.25) is 0 Å². The van der Waals surface area contributed by atoms with Crippen LogP contribution in [0.15, 0.2) is 42.0 Å². The van der Waals surface area contributed by atoms with Gasteiger partial charge in [-0.2, -0.15) is 0 Å². The Morgan fingerprint density at radius 3 is 2.75 bits per heavy atom. The molecule has 4 aromatic rings. The number of aromatic nitrogens is 4. The number of carbonyl (C=O) groups is 1. The highest BCUT2D eigenvalue weighted by Gasteiger charge is 2.13. The Balaban J connectivity index is 0.000000815. The molecule has 2 N–H and O–H groups in total. The van der Waals surface area contributed by atoms with Gasteiger partial charge in [-0.05, 0) is 42.1 Å². The van der Waals surface area contributed by atoms with E-state index in [1.165, 1.54) is 29.7 Å². The number of nitrogens with two attached hydrogens (primary N) is 1. The number of fused-ring (bicyclic) bond motifs is 1. The fraction of sp³-hybridized carbons (Fsp3) is 0.0625. The molecule has 8 heteroatoms. The molecular weight excluding hydrogens is 342 g/mol. The average Bonchev–Trinajstić information content (AvgIpc) is 3.32. The average molecular weight is 355 g/mol. The molecule has 24 heavy (non-hydrogen) atoms. The van der Waals surface area contributed by atoms with Crippen LogP contribution in [0.25, 0.3) is 31.4 Å². The molecule has 120 valence electrons. The van der Waals surface area contributed by atoms with Gasteiger partial charge in [-0.1, -0.05) is 11.3 Å². The zero-order valence-electron chi connectivity index (χ0n) is 12.7. The third kappa shape index (κ3) is 3.07. The smallest absolute Gasteiger partial charge is 0.169 e. The largest absolute Gasteiger partial charge is 0.333 e. The first kappa shape index (κ1) is 16.3. The van der Waals surface area contributed by atoms with Gasteiger partial charge in [0, 0.05) is 18.0 Å². The van der Waals surface area contributed by atoms with Crippen LogP contribution in [-0.2, 0) is 0 Å². The van der Waals surface area contributed by atoms with E-state index < -0.39 is 0 Å². The van der Waals surface area contributed by atoms with Crippen LogP contribution in [0.1, 0.15) is 10.5 Å². The molecule has 0 saturated carbocycles. The third-order valence-corrected chi connectivity index (χ3v) is 5.07. The molecule has 0 spiro atoms. The van der Waals surface area contributed by atoms with Crippen LogP contribution in [0.2, 0.25) is 0 Å². The Bertz CT molecular complexity index is 965. The van der Waals surface area contributed by atoms with Gasteiger partial charge in [0.05, 0.1) is 4.70 Å². The molecule has 0 aliphatic heterocycles. The van der Waals surface area contributed by atoms with Crippen LogP contribution < -0.4 is 5.73 Å². The van der Waals surface area contributed by atoms with E-state index in [1.807, 2.05) is 29.6 Å². The van der Waals surface area contributed by atoms with Gasteiger partial charge in [0.1, 0.15) is 16.4 Å². The highest BCUT2D eigenvalue weighted by molar-refractivity contribution is 7.18. The normalized spacial score (nSPS) is 10.2. The maximum atomic E-state index is 11.2. The second-order valence-electron chi connectivity index (χ2n) is 4.50. The molecule has 4 aromatic heterocycles. The highest BCUT2D eigenvalue weighted by atomic mass is 32.1. The summed E-state index contributed by atoms with van der Waals surface area (Å²) in [5.74, 6) is 0. The lowest BCUT2D eigenvalue weighted by atomic mass is 10.2. The Kier molecular flexibility index (Phi) is 4.99. The zero-order valence-corrected chi connectivity index (χ0v) is 14.3. The second-order valence-corrected chi connectivity index (χ2v) is 6.40. The minimum atomic E-state index is 0.445. The molecule has 0 bridgehead atoms. The van der Waals surface area contributed by atoms with Crippen LogP contribution >= 0.6 is 22.7 Å². The van der Waals surface area contributed by atoms with Crippen molar-refractivity contribution in [3.8, 4) is 21.3 Å². The quantitative estimate of drug-likeness (QED) is 0.567. The standard InChI is InChI=1S/C15H8N4OS2.CH5N/c20-8-12-13-9(3-5-21-13)6-11(17-12)15-19-18-14(22-15)10-2-1-4-16-7-10;1-2/h1-8H;2H2,1H3. The van der Waals surface area contributed by atoms with Gasteiger partial charge in [-0.25, -0.2) is 4.98 Å². The number of thiophene rings is 1. The monoisotopic (exact) mass is 355 g/mol. The topological polar surface area (TPSA) is 94.7 Å². The Hall–Kier alpha value is -2.55. The van der Waals surface area contributed by atoms with Crippen molar-refractivity contribution in [3.63, 3.8) is 0 Å². The summed E-state index contributed by atoms with van der Waals surface area (Å²) in [4.78, 5) is 19.7. The summed E-state index contributed by atoms with van der Waals surface area (Å²) in [5, 5.41) is 12.8. The van der Waals surface area contributed by atoms with Gasteiger partial charge in [0.25, 0.3) is 0 Å². The van der Waals surface area contributed by atoms with E-state index in [2.05, 4.69) is 25.9 Å². The van der Waals surface area contributed by atoms with Crippen LogP contribution in [0.5, 0.6) is 0 Å². The first-order valence-electron chi connectivity index (χ1n) is 7.00. The highest BCUT2D eigenvalue weighted by Crippen LogP contribution is 2.32. The summed E-state index contributed by atoms with van der Waals surface area (Å²) in [7, 11) is 1.50. The van der Waals surface area contributed by atoms with Crippen LogP contribution in [0.4, 0.5) is 0 Å². The molecule has 0 fully saturated rings. The molecule has 0 aliphatic rings. The lowest BCUT2D eigenvalue weighted by Gasteiger charge is -1.98. The van der Waals surface area contributed by atoms with Gasteiger partial charge < -0.3 is 5.73 Å². The number of nitrogens with zero attached hydrogens (tertiary/aromatic N) is 4. The Morgan fingerprint density at radius 2 is 2.00 bits per heavy atom. The minimum Gasteiger partial charge on any atom is -0.333 e. The fourth-order valence-corrected chi connectivity index (χ4v) is 3.75. The van der Waals surface area contributed by atoms with Crippen molar-refractivity contribution in [2.24, 2.45) is 5.73 Å². The van der Waals surface area contributed by atoms with E-state index >= 15 is 0 Å². The Morgan fingerprint density at radius 1 is 1.17 bits per heavy atom. The van der Waals surface area contributed by atoms with E-state index in [1.54, 1.807) is 12.4 Å². The van der Waals surface area contributed by atoms with Crippen molar-refractivity contribution in [3.05, 3.63) is 47.7 Å². The molecule has 0 atom stereocenters. The fourth-order valence-electron chi connectivity index (χ4n) is 2.12. The number of hydrogen-bond donors (Lipinski definition) is 1. The van der Waals surface area contributed by atoms with Crippen molar-refractivity contribution in [1.82, 2.24) is 20.2 Å². The van der Waals surface area contributed by atoms with E-state index in [0.29, 0.717) is 16.4 Å². The SMILES string of the molecule is CN.O=Cc1nc(-c2nnc(-c3cccnc3)s2)cc2ccsc12. The van der Waals surface area contributed by atoms with Crippen LogP contribution in [-0.4, -0.2) is 33.5 Å². The van der Waals surface area contributed by atoms with Crippen molar-refractivity contribution >= 4 is 39.0 Å². The van der Waals surface area contributed by atoms with Gasteiger partial charge >= 0.3 is 0 Å². The molecule has 0 aliphatic carbocycles. The number of pyridine rings is 2. The van der Waals surface area contributed by atoms with Crippen LogP contribution in [0.3, 0.4) is 0 Å². The van der Waals surface area contributed by atoms with E-state index in [4.69, 9.17) is 0 Å². The third-order valence-electron chi connectivity index (χ3n) is 3.13. The molecule has 6 nitrogen and oxygen atoms in total.